The molecule has 0 amide bonds. The number of rotatable bonds is 4. The van der Waals surface area contributed by atoms with Gasteiger partial charge in [-0.05, 0) is 57.4 Å². The van der Waals surface area contributed by atoms with E-state index in [0.29, 0.717) is 5.54 Å². The lowest BCUT2D eigenvalue weighted by Crippen LogP contribution is -2.58. The quantitative estimate of drug-likeness (QED) is 0.838. The highest BCUT2D eigenvalue weighted by molar-refractivity contribution is 4.97. The molecule has 2 aliphatic carbocycles. The van der Waals surface area contributed by atoms with E-state index in [1.165, 1.54) is 57.8 Å². The molecular weight excluding hydrogens is 232 g/mol. The minimum absolute atomic E-state index is 0.307. The minimum atomic E-state index is 0.307. The van der Waals surface area contributed by atoms with Crippen molar-refractivity contribution >= 4 is 0 Å². The normalized spacial score (nSPS) is 40.6. The van der Waals surface area contributed by atoms with Gasteiger partial charge in [-0.3, -0.25) is 4.90 Å². The van der Waals surface area contributed by atoms with Crippen molar-refractivity contribution in [3.8, 4) is 0 Å². The molecule has 0 heterocycles. The zero-order chi connectivity index (χ0) is 13.9. The maximum atomic E-state index is 6.22. The summed E-state index contributed by atoms with van der Waals surface area (Å²) in [6.07, 6.45) is 12.4. The van der Waals surface area contributed by atoms with Crippen molar-refractivity contribution in [2.75, 3.05) is 13.6 Å². The van der Waals surface area contributed by atoms with Crippen molar-refractivity contribution in [1.29, 1.82) is 0 Å². The van der Waals surface area contributed by atoms with Crippen LogP contribution in [0, 0.1) is 11.8 Å². The summed E-state index contributed by atoms with van der Waals surface area (Å²) in [6.45, 7) is 5.60. The Labute approximate surface area is 120 Å². The summed E-state index contributed by atoms with van der Waals surface area (Å²) in [5.41, 5.74) is 6.53. The number of hydrogen-bond acceptors (Lipinski definition) is 2. The van der Waals surface area contributed by atoms with Crippen LogP contribution in [0.2, 0.25) is 0 Å². The molecule has 2 nitrogen and oxygen atoms in total. The van der Waals surface area contributed by atoms with Crippen LogP contribution in [-0.2, 0) is 0 Å². The Morgan fingerprint density at radius 3 is 2.37 bits per heavy atom. The highest BCUT2D eigenvalue weighted by Crippen LogP contribution is 2.39. The topological polar surface area (TPSA) is 29.3 Å². The van der Waals surface area contributed by atoms with Gasteiger partial charge in [-0.2, -0.15) is 0 Å². The van der Waals surface area contributed by atoms with Gasteiger partial charge in [0.05, 0.1) is 0 Å². The van der Waals surface area contributed by atoms with Crippen LogP contribution >= 0.6 is 0 Å². The molecule has 2 aliphatic rings. The third kappa shape index (κ3) is 3.33. The van der Waals surface area contributed by atoms with Gasteiger partial charge in [-0.1, -0.05) is 33.1 Å². The van der Waals surface area contributed by atoms with Crippen LogP contribution in [-0.4, -0.2) is 30.1 Å². The lowest BCUT2D eigenvalue weighted by atomic mass is 9.73. The van der Waals surface area contributed by atoms with Crippen molar-refractivity contribution in [2.45, 2.75) is 83.2 Å². The molecule has 2 N–H and O–H groups in total. The van der Waals surface area contributed by atoms with E-state index < -0.39 is 0 Å². The van der Waals surface area contributed by atoms with Crippen LogP contribution in [0.25, 0.3) is 0 Å². The molecule has 112 valence electrons. The van der Waals surface area contributed by atoms with E-state index >= 15 is 0 Å². The fourth-order valence-corrected chi connectivity index (χ4v) is 4.61. The van der Waals surface area contributed by atoms with E-state index in [0.717, 1.165) is 24.4 Å². The van der Waals surface area contributed by atoms with Crippen LogP contribution in [0.5, 0.6) is 0 Å². The van der Waals surface area contributed by atoms with Crippen molar-refractivity contribution in [1.82, 2.24) is 4.90 Å². The highest BCUT2D eigenvalue weighted by atomic mass is 15.2. The first-order valence-corrected chi connectivity index (χ1v) is 8.54. The van der Waals surface area contributed by atoms with E-state index in [1.54, 1.807) is 0 Å². The van der Waals surface area contributed by atoms with Crippen molar-refractivity contribution in [3.05, 3.63) is 0 Å². The number of nitrogens with two attached hydrogens (primary N) is 1. The van der Waals surface area contributed by atoms with Crippen molar-refractivity contribution in [3.63, 3.8) is 0 Å². The van der Waals surface area contributed by atoms with Crippen molar-refractivity contribution in [2.24, 2.45) is 17.6 Å². The molecule has 2 unspecified atom stereocenters. The van der Waals surface area contributed by atoms with Crippen LogP contribution in [0.3, 0.4) is 0 Å². The van der Waals surface area contributed by atoms with Gasteiger partial charge in [0.25, 0.3) is 0 Å². The second-order valence-electron chi connectivity index (χ2n) is 7.32. The molecule has 2 atom stereocenters. The van der Waals surface area contributed by atoms with E-state index in [4.69, 9.17) is 5.73 Å². The number of hydrogen-bond donors (Lipinski definition) is 1. The Kier molecular flexibility index (Phi) is 5.30. The SMILES string of the molecule is CCC1CCC(N(C)C2(CN)CCCC(C)C2)CC1. The van der Waals surface area contributed by atoms with E-state index in [-0.39, 0.29) is 0 Å². The second-order valence-corrected chi connectivity index (χ2v) is 7.32. The molecule has 0 bridgehead atoms. The first-order valence-electron chi connectivity index (χ1n) is 8.54. The molecule has 19 heavy (non-hydrogen) atoms. The van der Waals surface area contributed by atoms with Crippen LogP contribution < -0.4 is 5.73 Å². The average molecular weight is 266 g/mol. The minimum Gasteiger partial charge on any atom is -0.329 e. The molecule has 0 saturated heterocycles. The Hall–Kier alpha value is -0.0800. The maximum Gasteiger partial charge on any atom is 0.0334 e. The van der Waals surface area contributed by atoms with Crippen molar-refractivity contribution < 1.29 is 0 Å². The Morgan fingerprint density at radius 1 is 1.16 bits per heavy atom. The predicted molar refractivity (Wildman–Crippen MR) is 83.2 cm³/mol. The molecule has 0 aliphatic heterocycles. The molecule has 2 heteroatoms. The summed E-state index contributed by atoms with van der Waals surface area (Å²) in [6, 6.07) is 0.789. The zero-order valence-electron chi connectivity index (χ0n) is 13.3. The molecule has 2 saturated carbocycles. The summed E-state index contributed by atoms with van der Waals surface area (Å²) in [5.74, 6) is 1.84. The lowest BCUT2D eigenvalue weighted by molar-refractivity contribution is 0.00886. The van der Waals surface area contributed by atoms with Gasteiger partial charge in [0.2, 0.25) is 0 Å². The van der Waals surface area contributed by atoms with Gasteiger partial charge < -0.3 is 5.73 Å². The van der Waals surface area contributed by atoms with Gasteiger partial charge in [-0.25, -0.2) is 0 Å². The summed E-state index contributed by atoms with van der Waals surface area (Å²) in [5, 5.41) is 0. The second kappa shape index (κ2) is 6.58. The van der Waals surface area contributed by atoms with E-state index in [2.05, 4.69) is 25.8 Å². The largest absolute Gasteiger partial charge is 0.329 e. The Bertz CT molecular complexity index is 270. The molecule has 0 aromatic heterocycles. The van der Waals surface area contributed by atoms with Gasteiger partial charge >= 0.3 is 0 Å². The molecule has 0 radical (unpaired) electrons. The van der Waals surface area contributed by atoms with Gasteiger partial charge in [-0.15, -0.1) is 0 Å². The first kappa shape index (κ1) is 15.3. The van der Waals surface area contributed by atoms with Crippen LogP contribution in [0.1, 0.15) is 71.6 Å². The standard InChI is InChI=1S/C17H34N2/c1-4-15-7-9-16(10-8-15)19(3)17(13-18)11-5-6-14(2)12-17/h14-16H,4-13,18H2,1-3H3. The molecule has 0 aromatic rings. The molecule has 2 rings (SSSR count). The summed E-state index contributed by atoms with van der Waals surface area (Å²) in [7, 11) is 2.36. The van der Waals surface area contributed by atoms with Crippen LogP contribution in [0.15, 0.2) is 0 Å². The summed E-state index contributed by atoms with van der Waals surface area (Å²) < 4.78 is 0. The predicted octanol–water partition coefficient (Wildman–Crippen LogP) is 3.79. The number of nitrogens with zero attached hydrogens (tertiary/aromatic N) is 1. The van der Waals surface area contributed by atoms with E-state index in [9.17, 15) is 0 Å². The van der Waals surface area contributed by atoms with Gasteiger partial charge in [0.1, 0.15) is 0 Å². The Morgan fingerprint density at radius 2 is 1.84 bits per heavy atom. The molecule has 0 spiro atoms. The summed E-state index contributed by atoms with van der Waals surface area (Å²) in [4.78, 5) is 2.70. The highest BCUT2D eigenvalue weighted by Gasteiger charge is 2.40. The number of likely N-dealkylation sites (N-methyl/N-ethyl adjacent to an activating group) is 1. The van der Waals surface area contributed by atoms with Crippen LogP contribution in [0.4, 0.5) is 0 Å². The maximum absolute atomic E-state index is 6.22. The lowest BCUT2D eigenvalue weighted by Gasteiger charge is -2.50. The average Bonchev–Trinajstić information content (AvgIpc) is 2.46. The Balaban J connectivity index is 1.98. The fourth-order valence-electron chi connectivity index (χ4n) is 4.61. The molecule has 0 aromatic carbocycles. The molecule has 2 fully saturated rings. The molecular formula is C17H34N2. The fraction of sp³-hybridized carbons (Fsp3) is 1.00. The third-order valence-electron chi connectivity index (χ3n) is 6.14. The monoisotopic (exact) mass is 266 g/mol. The smallest absolute Gasteiger partial charge is 0.0334 e. The third-order valence-corrected chi connectivity index (χ3v) is 6.14. The van der Waals surface area contributed by atoms with Gasteiger partial charge in [0.15, 0.2) is 0 Å². The van der Waals surface area contributed by atoms with E-state index in [1.807, 2.05) is 0 Å². The zero-order valence-corrected chi connectivity index (χ0v) is 13.3. The first-order chi connectivity index (χ1) is 9.11. The van der Waals surface area contributed by atoms with Gasteiger partial charge in [0, 0.05) is 18.1 Å². The summed E-state index contributed by atoms with van der Waals surface area (Å²) >= 11 is 0.